The number of halogens is 1. The van der Waals surface area contributed by atoms with E-state index in [1.165, 1.54) is 36.5 Å². The maximum absolute atomic E-state index is 13.2. The molecule has 3 aromatic rings. The monoisotopic (exact) mass is 384 g/mol. The Labute approximate surface area is 159 Å². The average molecular weight is 384 g/mol. The normalized spacial score (nSPS) is 11.7. The summed E-state index contributed by atoms with van der Waals surface area (Å²) < 4.78 is 13.2. The summed E-state index contributed by atoms with van der Waals surface area (Å²) in [6, 6.07) is 12.2. The fraction of sp³-hybridized carbons (Fsp3) is 0.158. The lowest BCUT2D eigenvalue weighted by Crippen LogP contribution is -2.41. The van der Waals surface area contributed by atoms with Gasteiger partial charge in [-0.2, -0.15) is 0 Å². The van der Waals surface area contributed by atoms with Crippen LogP contribution in [-0.2, 0) is 4.79 Å². The molecular formula is C19H17FN4O2S. The number of carbonyl (C=O) groups is 2. The molecule has 0 saturated carbocycles. The molecule has 0 saturated heterocycles. The molecule has 0 radical (unpaired) electrons. The van der Waals surface area contributed by atoms with Crippen molar-refractivity contribution in [3.63, 3.8) is 0 Å². The van der Waals surface area contributed by atoms with Gasteiger partial charge in [0.25, 0.3) is 5.91 Å². The van der Waals surface area contributed by atoms with E-state index in [9.17, 15) is 14.0 Å². The van der Waals surface area contributed by atoms with Crippen molar-refractivity contribution >= 4 is 28.3 Å². The van der Waals surface area contributed by atoms with E-state index in [1.54, 1.807) is 0 Å². The van der Waals surface area contributed by atoms with Crippen LogP contribution in [0.4, 0.5) is 9.52 Å². The van der Waals surface area contributed by atoms with E-state index in [2.05, 4.69) is 20.8 Å². The van der Waals surface area contributed by atoms with Crippen LogP contribution < -0.4 is 10.6 Å². The number of anilines is 1. The summed E-state index contributed by atoms with van der Waals surface area (Å²) in [5, 5.41) is 14.2. The van der Waals surface area contributed by atoms with Crippen LogP contribution in [0.2, 0.25) is 0 Å². The summed E-state index contributed by atoms with van der Waals surface area (Å²) in [7, 11) is 0. The molecule has 0 aliphatic carbocycles. The van der Waals surface area contributed by atoms with Gasteiger partial charge in [-0.05, 0) is 32.0 Å². The van der Waals surface area contributed by atoms with E-state index in [0.717, 1.165) is 17.2 Å². The molecule has 1 atom stereocenters. The van der Waals surface area contributed by atoms with Crippen molar-refractivity contribution in [1.82, 2.24) is 15.5 Å². The van der Waals surface area contributed by atoms with Gasteiger partial charge in [-0.15, -0.1) is 10.2 Å². The topological polar surface area (TPSA) is 84.0 Å². The number of benzene rings is 2. The van der Waals surface area contributed by atoms with Gasteiger partial charge in [0, 0.05) is 11.1 Å². The van der Waals surface area contributed by atoms with Crippen molar-refractivity contribution < 1.29 is 14.0 Å². The van der Waals surface area contributed by atoms with Gasteiger partial charge < -0.3 is 5.32 Å². The zero-order valence-corrected chi connectivity index (χ0v) is 15.5. The van der Waals surface area contributed by atoms with Gasteiger partial charge in [-0.1, -0.05) is 47.2 Å². The fourth-order valence-electron chi connectivity index (χ4n) is 2.28. The van der Waals surface area contributed by atoms with Gasteiger partial charge in [0.05, 0.1) is 0 Å². The molecule has 0 bridgehead atoms. The van der Waals surface area contributed by atoms with E-state index in [1.807, 2.05) is 31.2 Å². The Morgan fingerprint density at radius 2 is 1.85 bits per heavy atom. The largest absolute Gasteiger partial charge is 0.341 e. The zero-order valence-electron chi connectivity index (χ0n) is 14.7. The molecule has 27 heavy (non-hydrogen) atoms. The number of hydrogen-bond acceptors (Lipinski definition) is 5. The number of rotatable bonds is 5. The highest BCUT2D eigenvalue weighted by atomic mass is 32.1. The first-order valence-corrected chi connectivity index (χ1v) is 9.02. The van der Waals surface area contributed by atoms with E-state index in [-0.39, 0.29) is 5.56 Å². The summed E-state index contributed by atoms with van der Waals surface area (Å²) in [6.07, 6.45) is 0. The standard InChI is InChI=1S/C19H17FN4O2S/c1-11-6-8-13(9-7-11)18-23-24-19(27-18)22-16(25)12(2)21-17(26)14-4-3-5-15(20)10-14/h3-10,12H,1-2H3,(H,21,26)(H,22,24,25)/t12-/m1/s1. The predicted molar refractivity (Wildman–Crippen MR) is 102 cm³/mol. The SMILES string of the molecule is Cc1ccc(-c2nnc(NC(=O)[C@@H](C)NC(=O)c3cccc(F)c3)s2)cc1. The number of nitrogens with one attached hydrogen (secondary N) is 2. The first-order valence-electron chi connectivity index (χ1n) is 8.20. The predicted octanol–water partition coefficient (Wildman–Crippen LogP) is 3.41. The Morgan fingerprint density at radius 3 is 2.56 bits per heavy atom. The van der Waals surface area contributed by atoms with E-state index in [0.29, 0.717) is 10.1 Å². The smallest absolute Gasteiger partial charge is 0.252 e. The lowest BCUT2D eigenvalue weighted by molar-refractivity contribution is -0.117. The Balaban J connectivity index is 1.61. The van der Waals surface area contributed by atoms with Crippen LogP contribution in [0.15, 0.2) is 48.5 Å². The number of carbonyl (C=O) groups excluding carboxylic acids is 2. The van der Waals surface area contributed by atoms with Crippen LogP contribution in [-0.4, -0.2) is 28.1 Å². The van der Waals surface area contributed by atoms with Gasteiger partial charge >= 0.3 is 0 Å². The van der Waals surface area contributed by atoms with Gasteiger partial charge in [0.1, 0.15) is 16.9 Å². The fourth-order valence-corrected chi connectivity index (χ4v) is 3.03. The number of aryl methyl sites for hydroxylation is 1. The maximum atomic E-state index is 13.2. The molecule has 6 nitrogen and oxygen atoms in total. The molecule has 1 aromatic heterocycles. The number of aromatic nitrogens is 2. The minimum atomic E-state index is -0.826. The number of nitrogens with zero attached hydrogens (tertiary/aromatic N) is 2. The molecule has 2 aromatic carbocycles. The highest BCUT2D eigenvalue weighted by Gasteiger charge is 2.18. The molecule has 0 aliphatic rings. The Bertz CT molecular complexity index is 972. The molecular weight excluding hydrogens is 367 g/mol. The molecule has 138 valence electrons. The van der Waals surface area contributed by atoms with Crippen molar-refractivity contribution in [2.45, 2.75) is 19.9 Å². The molecule has 1 heterocycles. The van der Waals surface area contributed by atoms with E-state index in [4.69, 9.17) is 0 Å². The van der Waals surface area contributed by atoms with E-state index < -0.39 is 23.7 Å². The number of hydrogen-bond donors (Lipinski definition) is 2. The van der Waals surface area contributed by atoms with Crippen LogP contribution in [0.5, 0.6) is 0 Å². The first-order chi connectivity index (χ1) is 12.9. The molecule has 0 aliphatic heterocycles. The summed E-state index contributed by atoms with van der Waals surface area (Å²) in [5.41, 5.74) is 2.19. The van der Waals surface area contributed by atoms with Crippen LogP contribution in [0.1, 0.15) is 22.8 Å². The Hall–Kier alpha value is -3.13. The molecule has 0 spiro atoms. The molecule has 0 fully saturated rings. The van der Waals surface area contributed by atoms with Gasteiger partial charge in [0.2, 0.25) is 11.0 Å². The second-order valence-electron chi connectivity index (χ2n) is 5.97. The second-order valence-corrected chi connectivity index (χ2v) is 6.95. The molecule has 2 N–H and O–H groups in total. The van der Waals surface area contributed by atoms with Crippen molar-refractivity contribution in [3.05, 3.63) is 65.5 Å². The van der Waals surface area contributed by atoms with Gasteiger partial charge in [0.15, 0.2) is 0 Å². The Morgan fingerprint density at radius 1 is 1.11 bits per heavy atom. The summed E-state index contributed by atoms with van der Waals surface area (Å²) in [6.45, 7) is 3.53. The maximum Gasteiger partial charge on any atom is 0.252 e. The van der Waals surface area contributed by atoms with Gasteiger partial charge in [-0.25, -0.2) is 4.39 Å². The zero-order chi connectivity index (χ0) is 19.4. The van der Waals surface area contributed by atoms with Crippen LogP contribution >= 0.6 is 11.3 Å². The van der Waals surface area contributed by atoms with Crippen LogP contribution in [0.3, 0.4) is 0 Å². The third-order valence-electron chi connectivity index (χ3n) is 3.78. The van der Waals surface area contributed by atoms with Crippen molar-refractivity contribution in [1.29, 1.82) is 0 Å². The quantitative estimate of drug-likeness (QED) is 0.706. The lowest BCUT2D eigenvalue weighted by Gasteiger charge is -2.12. The highest BCUT2D eigenvalue weighted by molar-refractivity contribution is 7.18. The number of amides is 2. The summed E-state index contributed by atoms with van der Waals surface area (Å²) >= 11 is 1.24. The first kappa shape index (κ1) is 18.7. The molecule has 3 rings (SSSR count). The second kappa shape index (κ2) is 8.05. The van der Waals surface area contributed by atoms with Crippen molar-refractivity contribution in [2.75, 3.05) is 5.32 Å². The summed E-state index contributed by atoms with van der Waals surface area (Å²) in [4.78, 5) is 24.4. The third-order valence-corrected chi connectivity index (χ3v) is 4.67. The van der Waals surface area contributed by atoms with Crippen LogP contribution in [0, 0.1) is 12.7 Å². The van der Waals surface area contributed by atoms with E-state index >= 15 is 0 Å². The molecule has 0 unspecified atom stereocenters. The van der Waals surface area contributed by atoms with Crippen molar-refractivity contribution in [2.24, 2.45) is 0 Å². The highest BCUT2D eigenvalue weighted by Crippen LogP contribution is 2.26. The molecule has 8 heteroatoms. The van der Waals surface area contributed by atoms with Crippen LogP contribution in [0.25, 0.3) is 10.6 Å². The summed E-state index contributed by atoms with van der Waals surface area (Å²) in [5.74, 6) is -1.49. The lowest BCUT2D eigenvalue weighted by atomic mass is 10.2. The minimum Gasteiger partial charge on any atom is -0.341 e. The molecule has 2 amide bonds. The average Bonchev–Trinajstić information content (AvgIpc) is 3.10. The third kappa shape index (κ3) is 4.73. The van der Waals surface area contributed by atoms with Crippen molar-refractivity contribution in [3.8, 4) is 10.6 Å². The Kier molecular flexibility index (Phi) is 5.56. The minimum absolute atomic E-state index is 0.146. The van der Waals surface area contributed by atoms with Gasteiger partial charge in [-0.3, -0.25) is 14.9 Å².